The number of hydrogen-bond donors (Lipinski definition) is 4. The van der Waals surface area contributed by atoms with Gasteiger partial charge in [0.15, 0.2) is 5.43 Å². The average molecular weight is 430 g/mol. The van der Waals surface area contributed by atoms with Crippen LogP contribution in [0.5, 0.6) is 11.5 Å². The zero-order valence-corrected chi connectivity index (χ0v) is 16.5. The summed E-state index contributed by atoms with van der Waals surface area (Å²) < 4.78 is 21.7. The minimum atomic E-state index is -1.55. The minimum Gasteiger partial charge on any atom is -0.497 e. The summed E-state index contributed by atoms with van der Waals surface area (Å²) in [4.78, 5) is 12.9. The highest BCUT2D eigenvalue weighted by Gasteiger charge is 2.44. The molecule has 1 fully saturated rings. The van der Waals surface area contributed by atoms with E-state index < -0.39 is 37.3 Å². The van der Waals surface area contributed by atoms with E-state index in [1.54, 1.807) is 31.4 Å². The minimum absolute atomic E-state index is 0.206. The van der Waals surface area contributed by atoms with Crippen LogP contribution in [0, 0.1) is 0 Å². The van der Waals surface area contributed by atoms with Crippen LogP contribution in [0.4, 0.5) is 0 Å². The Hall–Kier alpha value is -2.95. The van der Waals surface area contributed by atoms with Crippen molar-refractivity contribution in [2.24, 2.45) is 0 Å². The second kappa shape index (κ2) is 8.66. The predicted octanol–water partition coefficient (Wildman–Crippen LogP) is 0.647. The Balaban J connectivity index is 1.61. The van der Waals surface area contributed by atoms with Crippen LogP contribution in [0.15, 0.2) is 57.9 Å². The molecule has 0 spiro atoms. The summed E-state index contributed by atoms with van der Waals surface area (Å²) in [6, 6.07) is 11.5. The van der Waals surface area contributed by atoms with Gasteiger partial charge in [-0.05, 0) is 29.8 Å². The third-order valence-electron chi connectivity index (χ3n) is 5.25. The molecule has 9 heteroatoms. The number of fused-ring (bicyclic) bond motifs is 1. The van der Waals surface area contributed by atoms with Gasteiger partial charge in [-0.2, -0.15) is 0 Å². The van der Waals surface area contributed by atoms with Crippen LogP contribution < -0.4 is 14.9 Å². The van der Waals surface area contributed by atoms with Crippen molar-refractivity contribution >= 4 is 11.0 Å². The molecule has 4 rings (SSSR count). The van der Waals surface area contributed by atoms with Crippen LogP contribution >= 0.6 is 0 Å². The van der Waals surface area contributed by atoms with Crippen molar-refractivity contribution in [3.8, 4) is 22.6 Å². The molecular weight excluding hydrogens is 408 g/mol. The van der Waals surface area contributed by atoms with Crippen LogP contribution in [0.3, 0.4) is 0 Å². The molecule has 0 aliphatic carbocycles. The van der Waals surface area contributed by atoms with E-state index in [-0.39, 0.29) is 16.8 Å². The van der Waals surface area contributed by atoms with Crippen LogP contribution in [-0.4, -0.2) is 64.8 Å². The Bertz CT molecular complexity index is 1110. The summed E-state index contributed by atoms with van der Waals surface area (Å²) >= 11 is 0. The van der Waals surface area contributed by atoms with E-state index in [0.29, 0.717) is 22.3 Å². The van der Waals surface area contributed by atoms with Crippen LogP contribution in [-0.2, 0) is 4.74 Å². The molecule has 1 aliphatic heterocycles. The zero-order chi connectivity index (χ0) is 22.1. The first-order chi connectivity index (χ1) is 14.9. The maximum absolute atomic E-state index is 12.9. The first-order valence-corrected chi connectivity index (χ1v) is 9.60. The highest BCUT2D eigenvalue weighted by molar-refractivity contribution is 5.82. The number of aliphatic hydroxyl groups is 4. The quantitative estimate of drug-likeness (QED) is 0.459. The number of aliphatic hydroxyl groups excluding tert-OH is 4. The fourth-order valence-corrected chi connectivity index (χ4v) is 3.45. The number of hydrogen-bond acceptors (Lipinski definition) is 9. The second-order valence-electron chi connectivity index (χ2n) is 7.18. The van der Waals surface area contributed by atoms with Crippen molar-refractivity contribution in [1.29, 1.82) is 0 Å². The monoisotopic (exact) mass is 430 g/mol. The van der Waals surface area contributed by atoms with E-state index in [9.17, 15) is 25.2 Å². The lowest BCUT2D eigenvalue weighted by Crippen LogP contribution is -2.60. The van der Waals surface area contributed by atoms with Gasteiger partial charge in [0.25, 0.3) is 0 Å². The fourth-order valence-electron chi connectivity index (χ4n) is 3.45. The normalized spacial score (nSPS) is 26.0. The maximum atomic E-state index is 12.9. The lowest BCUT2D eigenvalue weighted by molar-refractivity contribution is -0.277. The molecule has 5 atom stereocenters. The first kappa shape index (κ1) is 21.3. The van der Waals surface area contributed by atoms with Crippen LogP contribution in [0.1, 0.15) is 0 Å². The standard InChI is InChI=1S/C22H22O9/c1-28-12-4-2-11(3-5-12)15-10-29-16-8-13(6-7-14(16)18(15)24)30-22-21(27)20(26)19(25)17(9-23)31-22/h2-8,10,17,19-23,25-27H,9H2,1H3/t17-,19-,20+,21-,22+/m1/s1. The van der Waals surface area contributed by atoms with E-state index in [4.69, 9.17) is 18.6 Å². The smallest absolute Gasteiger partial charge is 0.229 e. The molecule has 0 saturated carbocycles. The maximum Gasteiger partial charge on any atom is 0.229 e. The molecule has 1 saturated heterocycles. The summed E-state index contributed by atoms with van der Waals surface area (Å²) in [5.74, 6) is 0.876. The molecule has 2 aromatic carbocycles. The molecule has 164 valence electrons. The first-order valence-electron chi connectivity index (χ1n) is 9.60. The molecule has 0 bridgehead atoms. The second-order valence-corrected chi connectivity index (χ2v) is 7.18. The van der Waals surface area contributed by atoms with Crippen LogP contribution in [0.2, 0.25) is 0 Å². The highest BCUT2D eigenvalue weighted by atomic mass is 16.7. The van der Waals surface area contributed by atoms with Gasteiger partial charge in [0.2, 0.25) is 6.29 Å². The van der Waals surface area contributed by atoms with Gasteiger partial charge in [-0.15, -0.1) is 0 Å². The topological polar surface area (TPSA) is 139 Å². The fraction of sp³-hybridized carbons (Fsp3) is 0.318. The van der Waals surface area contributed by atoms with Gasteiger partial charge in [0.1, 0.15) is 47.8 Å². The van der Waals surface area contributed by atoms with E-state index >= 15 is 0 Å². The average Bonchev–Trinajstić information content (AvgIpc) is 2.80. The summed E-state index contributed by atoms with van der Waals surface area (Å²) in [6.45, 7) is -0.564. The van der Waals surface area contributed by atoms with Gasteiger partial charge >= 0.3 is 0 Å². The largest absolute Gasteiger partial charge is 0.497 e. The van der Waals surface area contributed by atoms with Gasteiger partial charge in [0, 0.05) is 6.07 Å². The molecule has 0 radical (unpaired) electrons. The van der Waals surface area contributed by atoms with Crippen molar-refractivity contribution in [1.82, 2.24) is 0 Å². The van der Waals surface area contributed by atoms with E-state index in [1.807, 2.05) is 0 Å². The molecular formula is C22H22O9. The Morgan fingerprint density at radius 3 is 2.35 bits per heavy atom. The highest BCUT2D eigenvalue weighted by Crippen LogP contribution is 2.28. The molecule has 1 aliphatic rings. The van der Waals surface area contributed by atoms with Crippen molar-refractivity contribution in [3.05, 3.63) is 59.0 Å². The number of rotatable bonds is 5. The summed E-state index contributed by atoms with van der Waals surface area (Å²) in [5.41, 5.74) is 1.09. The zero-order valence-electron chi connectivity index (χ0n) is 16.5. The summed E-state index contributed by atoms with van der Waals surface area (Å²) in [6.07, 6.45) is -5.65. The SMILES string of the molecule is COc1ccc(-c2coc3cc(O[C@H]4O[C@H](CO)[C@@H](O)[C@H](O)[C@H]4O)ccc3c2=O)cc1. The molecule has 4 N–H and O–H groups in total. The molecule has 1 aromatic heterocycles. The van der Waals surface area contributed by atoms with E-state index in [2.05, 4.69) is 0 Å². The van der Waals surface area contributed by atoms with Gasteiger partial charge in [-0.1, -0.05) is 12.1 Å². The molecule has 2 heterocycles. The molecule has 0 unspecified atom stereocenters. The van der Waals surface area contributed by atoms with E-state index in [0.717, 1.165) is 0 Å². The predicted molar refractivity (Wildman–Crippen MR) is 109 cm³/mol. The molecule has 0 amide bonds. The Morgan fingerprint density at radius 2 is 1.68 bits per heavy atom. The number of ether oxygens (including phenoxy) is 3. The third kappa shape index (κ3) is 4.01. The lowest BCUT2D eigenvalue weighted by Gasteiger charge is -2.39. The Morgan fingerprint density at radius 1 is 0.968 bits per heavy atom. The van der Waals surface area contributed by atoms with Gasteiger partial charge in [-0.3, -0.25) is 4.79 Å². The lowest BCUT2D eigenvalue weighted by atomic mass is 9.99. The van der Waals surface area contributed by atoms with E-state index in [1.165, 1.54) is 24.5 Å². The van der Waals surface area contributed by atoms with Crippen molar-refractivity contribution < 1.29 is 39.1 Å². The number of benzene rings is 2. The molecule has 3 aromatic rings. The molecule has 31 heavy (non-hydrogen) atoms. The van der Waals surface area contributed by atoms with Crippen molar-refractivity contribution in [3.63, 3.8) is 0 Å². The molecule has 9 nitrogen and oxygen atoms in total. The van der Waals surface area contributed by atoms with Crippen LogP contribution in [0.25, 0.3) is 22.1 Å². The van der Waals surface area contributed by atoms with Gasteiger partial charge in [0.05, 0.1) is 24.7 Å². The summed E-state index contributed by atoms with van der Waals surface area (Å²) in [7, 11) is 1.56. The van der Waals surface area contributed by atoms with Gasteiger partial charge in [-0.25, -0.2) is 0 Å². The Labute approximate surface area is 176 Å². The third-order valence-corrected chi connectivity index (χ3v) is 5.25. The number of methoxy groups -OCH3 is 1. The van der Waals surface area contributed by atoms with Crippen molar-refractivity contribution in [2.45, 2.75) is 30.7 Å². The van der Waals surface area contributed by atoms with Crippen molar-refractivity contribution in [2.75, 3.05) is 13.7 Å². The van der Waals surface area contributed by atoms with Gasteiger partial charge < -0.3 is 39.1 Å². The summed E-state index contributed by atoms with van der Waals surface area (Å²) in [5, 5.41) is 39.5. The Kier molecular flexibility index (Phi) is 5.94.